The molecule has 2 nitrogen and oxygen atoms in total. The highest BCUT2D eigenvalue weighted by Crippen LogP contribution is 2.35. The maximum absolute atomic E-state index is 6.29. The Bertz CT molecular complexity index is 464. The maximum Gasteiger partial charge on any atom is 0.0528 e. The van der Waals surface area contributed by atoms with Crippen molar-refractivity contribution in [3.63, 3.8) is 0 Å². The van der Waals surface area contributed by atoms with Crippen LogP contribution in [0.4, 0.5) is 5.69 Å². The molecule has 1 heterocycles. The Morgan fingerprint density at radius 1 is 1.45 bits per heavy atom. The first kappa shape index (κ1) is 16.1. The highest BCUT2D eigenvalue weighted by molar-refractivity contribution is 9.10. The van der Waals surface area contributed by atoms with Gasteiger partial charge in [-0.3, -0.25) is 0 Å². The Morgan fingerprint density at radius 2 is 2.20 bits per heavy atom. The van der Waals surface area contributed by atoms with Gasteiger partial charge in [-0.15, -0.1) is 0 Å². The number of piperidine rings is 1. The van der Waals surface area contributed by atoms with Gasteiger partial charge in [0.15, 0.2) is 0 Å². The molecule has 0 aliphatic carbocycles. The van der Waals surface area contributed by atoms with Crippen molar-refractivity contribution >= 4 is 33.2 Å². The molecule has 1 fully saturated rings. The van der Waals surface area contributed by atoms with Crippen molar-refractivity contribution in [3.05, 3.63) is 27.2 Å². The zero-order chi connectivity index (χ0) is 14.7. The van der Waals surface area contributed by atoms with Gasteiger partial charge >= 0.3 is 0 Å². The third-order valence-electron chi connectivity index (χ3n) is 4.10. The first-order chi connectivity index (χ1) is 9.52. The number of halogens is 2. The van der Waals surface area contributed by atoms with Crippen molar-refractivity contribution in [3.8, 4) is 0 Å². The van der Waals surface area contributed by atoms with Crippen molar-refractivity contribution in [2.45, 2.75) is 52.1 Å². The van der Waals surface area contributed by atoms with Crippen molar-refractivity contribution < 1.29 is 0 Å². The average molecular weight is 360 g/mol. The number of hydrogen-bond acceptors (Lipinski definition) is 2. The second-order valence-corrected chi connectivity index (χ2v) is 7.03. The van der Waals surface area contributed by atoms with E-state index in [0.29, 0.717) is 12.1 Å². The fourth-order valence-corrected chi connectivity index (χ4v) is 3.76. The molecule has 0 bridgehead atoms. The van der Waals surface area contributed by atoms with Crippen LogP contribution in [-0.2, 0) is 0 Å². The summed E-state index contributed by atoms with van der Waals surface area (Å²) in [4.78, 5) is 2.47. The number of hydrogen-bond donors (Lipinski definition) is 1. The molecule has 1 saturated heterocycles. The largest absolute Gasteiger partial charge is 0.368 e. The monoisotopic (exact) mass is 358 g/mol. The molecule has 112 valence electrons. The molecule has 0 amide bonds. The first-order valence-electron chi connectivity index (χ1n) is 7.48. The van der Waals surface area contributed by atoms with Crippen LogP contribution < -0.4 is 10.2 Å². The Labute approximate surface area is 136 Å². The molecule has 1 aromatic rings. The summed E-state index contributed by atoms with van der Waals surface area (Å²) >= 11 is 9.98. The molecule has 20 heavy (non-hydrogen) atoms. The lowest BCUT2D eigenvalue weighted by molar-refractivity contribution is 0.368. The van der Waals surface area contributed by atoms with E-state index in [1.807, 2.05) is 6.92 Å². The van der Waals surface area contributed by atoms with E-state index >= 15 is 0 Å². The summed E-state index contributed by atoms with van der Waals surface area (Å²) in [5, 5.41) is 4.49. The molecule has 1 aromatic carbocycles. The van der Waals surface area contributed by atoms with E-state index in [4.69, 9.17) is 11.6 Å². The van der Waals surface area contributed by atoms with Crippen LogP contribution >= 0.6 is 27.5 Å². The molecule has 0 saturated carbocycles. The van der Waals surface area contributed by atoms with E-state index in [9.17, 15) is 0 Å². The predicted octanol–water partition coefficient (Wildman–Crippen LogP) is 4.77. The summed E-state index contributed by atoms with van der Waals surface area (Å²) in [7, 11) is 0. The van der Waals surface area contributed by atoms with Crippen LogP contribution in [-0.4, -0.2) is 25.2 Å². The summed E-state index contributed by atoms with van der Waals surface area (Å²) in [5.74, 6) is 0. The molecule has 1 aliphatic rings. The molecule has 1 N–H and O–H groups in total. The van der Waals surface area contributed by atoms with Gasteiger partial charge in [0.1, 0.15) is 0 Å². The number of benzene rings is 1. The second kappa shape index (κ2) is 7.15. The highest BCUT2D eigenvalue weighted by atomic mass is 79.9. The minimum atomic E-state index is 0.535. The summed E-state index contributed by atoms with van der Waals surface area (Å²) < 4.78 is 1.14. The topological polar surface area (TPSA) is 15.3 Å². The standard InChI is InChI=1S/C16H24BrClN2/c1-4-6-19-13-5-7-20(12(3)9-13)16-10-15(18)11(2)8-14(16)17/h8,10,12-13,19H,4-7,9H2,1-3H3. The van der Waals surface area contributed by atoms with Crippen LogP contribution in [0, 0.1) is 6.92 Å². The molecular weight excluding hydrogens is 336 g/mol. The third-order valence-corrected chi connectivity index (χ3v) is 5.14. The smallest absolute Gasteiger partial charge is 0.0528 e. The van der Waals surface area contributed by atoms with Gasteiger partial charge in [0.05, 0.1) is 5.69 Å². The van der Waals surface area contributed by atoms with Gasteiger partial charge in [-0.05, 0) is 73.3 Å². The molecule has 2 unspecified atom stereocenters. The van der Waals surface area contributed by atoms with E-state index in [2.05, 4.69) is 52.1 Å². The van der Waals surface area contributed by atoms with Crippen molar-refractivity contribution in [1.82, 2.24) is 5.32 Å². The van der Waals surface area contributed by atoms with Gasteiger partial charge in [0, 0.05) is 28.1 Å². The first-order valence-corrected chi connectivity index (χ1v) is 8.65. The summed E-state index contributed by atoms with van der Waals surface area (Å²) in [6.45, 7) is 8.77. The zero-order valence-electron chi connectivity index (χ0n) is 12.5. The van der Waals surface area contributed by atoms with E-state index in [-0.39, 0.29) is 0 Å². The maximum atomic E-state index is 6.29. The predicted molar refractivity (Wildman–Crippen MR) is 92.0 cm³/mol. The van der Waals surface area contributed by atoms with Crippen molar-refractivity contribution in [2.24, 2.45) is 0 Å². The zero-order valence-corrected chi connectivity index (χ0v) is 14.9. The molecule has 0 spiro atoms. The number of nitrogens with zero attached hydrogens (tertiary/aromatic N) is 1. The minimum absolute atomic E-state index is 0.535. The summed E-state index contributed by atoms with van der Waals surface area (Å²) in [6.07, 6.45) is 3.59. The Balaban J connectivity index is 2.09. The van der Waals surface area contributed by atoms with E-state index < -0.39 is 0 Å². The fraction of sp³-hybridized carbons (Fsp3) is 0.625. The lowest BCUT2D eigenvalue weighted by Gasteiger charge is -2.40. The van der Waals surface area contributed by atoms with Gasteiger partial charge in [-0.25, -0.2) is 0 Å². The van der Waals surface area contributed by atoms with Gasteiger partial charge in [-0.1, -0.05) is 18.5 Å². The van der Waals surface area contributed by atoms with Gasteiger partial charge in [0.2, 0.25) is 0 Å². The Hall–Kier alpha value is -0.250. The third kappa shape index (κ3) is 3.69. The average Bonchev–Trinajstić information content (AvgIpc) is 2.41. The quantitative estimate of drug-likeness (QED) is 0.833. The van der Waals surface area contributed by atoms with E-state index in [1.165, 1.54) is 24.9 Å². The number of rotatable bonds is 4. The normalized spacial score (nSPS) is 23.1. The van der Waals surface area contributed by atoms with Crippen LogP contribution in [0.25, 0.3) is 0 Å². The number of nitrogens with one attached hydrogen (secondary N) is 1. The van der Waals surface area contributed by atoms with Gasteiger partial charge < -0.3 is 10.2 Å². The molecule has 2 atom stereocenters. The minimum Gasteiger partial charge on any atom is -0.368 e. The SMILES string of the molecule is CCCNC1CCN(c2cc(Cl)c(C)cc2Br)C(C)C1. The van der Waals surface area contributed by atoms with Crippen LogP contribution in [0.2, 0.25) is 5.02 Å². The molecule has 1 aliphatic heterocycles. The van der Waals surface area contributed by atoms with E-state index in [1.54, 1.807) is 0 Å². The van der Waals surface area contributed by atoms with Gasteiger partial charge in [-0.2, -0.15) is 0 Å². The summed E-state index contributed by atoms with van der Waals surface area (Å²) in [5.41, 5.74) is 2.34. The lowest BCUT2D eigenvalue weighted by Crippen LogP contribution is -2.47. The van der Waals surface area contributed by atoms with Crippen molar-refractivity contribution in [1.29, 1.82) is 0 Å². The van der Waals surface area contributed by atoms with E-state index in [0.717, 1.165) is 28.1 Å². The highest BCUT2D eigenvalue weighted by Gasteiger charge is 2.26. The molecule has 0 radical (unpaired) electrons. The molecule has 0 aromatic heterocycles. The number of anilines is 1. The second-order valence-electron chi connectivity index (χ2n) is 5.77. The Kier molecular flexibility index (Phi) is 5.76. The van der Waals surface area contributed by atoms with Crippen LogP contribution in [0.3, 0.4) is 0 Å². The fourth-order valence-electron chi connectivity index (χ4n) is 2.92. The van der Waals surface area contributed by atoms with Crippen molar-refractivity contribution in [2.75, 3.05) is 18.0 Å². The summed E-state index contributed by atoms with van der Waals surface area (Å²) in [6, 6.07) is 5.40. The molecule has 4 heteroatoms. The lowest BCUT2D eigenvalue weighted by atomic mass is 9.97. The molecule has 2 rings (SSSR count). The van der Waals surface area contributed by atoms with Crippen LogP contribution in [0.1, 0.15) is 38.7 Å². The molecular formula is C16H24BrClN2. The van der Waals surface area contributed by atoms with Crippen LogP contribution in [0.5, 0.6) is 0 Å². The number of aryl methyl sites for hydroxylation is 1. The van der Waals surface area contributed by atoms with Crippen LogP contribution in [0.15, 0.2) is 16.6 Å². The Morgan fingerprint density at radius 3 is 2.85 bits per heavy atom. The van der Waals surface area contributed by atoms with Gasteiger partial charge in [0.25, 0.3) is 0 Å².